The van der Waals surface area contributed by atoms with E-state index >= 15 is 0 Å². The van der Waals surface area contributed by atoms with Crippen molar-refractivity contribution >= 4 is 0 Å². The molecule has 0 bridgehead atoms. The molecule has 0 amide bonds. The molecule has 0 saturated carbocycles. The van der Waals surface area contributed by atoms with E-state index in [1.165, 1.54) is 4.90 Å². The van der Waals surface area contributed by atoms with Gasteiger partial charge in [0.15, 0.2) is 0 Å². The summed E-state index contributed by atoms with van der Waals surface area (Å²) in [5.74, 6) is 0. The third-order valence-electron chi connectivity index (χ3n) is 2.44. The van der Waals surface area contributed by atoms with Crippen molar-refractivity contribution in [2.24, 2.45) is 0 Å². The smallest absolute Gasteiger partial charge is 0.303 e. The third kappa shape index (κ3) is 2.81. The van der Waals surface area contributed by atoms with Crippen LogP contribution in [0.5, 0.6) is 0 Å². The van der Waals surface area contributed by atoms with Crippen LogP contribution in [0.25, 0.3) is 0 Å². The van der Waals surface area contributed by atoms with Crippen molar-refractivity contribution in [3.05, 3.63) is 0 Å². The molecule has 1 aliphatic rings. The number of alkyl halides is 4. The molecule has 0 spiro atoms. The van der Waals surface area contributed by atoms with Crippen LogP contribution in [0.2, 0.25) is 0 Å². The maximum absolute atomic E-state index is 12.5. The number of hydrogen-bond donors (Lipinski definition) is 0. The van der Waals surface area contributed by atoms with Crippen LogP contribution >= 0.6 is 0 Å². The minimum atomic E-state index is -4.26. The van der Waals surface area contributed by atoms with E-state index in [-0.39, 0.29) is 19.6 Å². The van der Waals surface area contributed by atoms with Crippen LogP contribution in [0.4, 0.5) is 17.6 Å². The molecule has 14 heavy (non-hydrogen) atoms. The molecule has 1 aliphatic heterocycles. The molecule has 6 heteroatoms. The van der Waals surface area contributed by atoms with Crippen molar-refractivity contribution in [1.29, 1.82) is 0 Å². The molecular weight excluding hydrogens is 200 g/mol. The lowest BCUT2D eigenvalue weighted by molar-refractivity contribution is -0.196. The van der Waals surface area contributed by atoms with Crippen LogP contribution in [0.3, 0.4) is 0 Å². The quantitative estimate of drug-likeness (QED) is 0.636. The highest BCUT2D eigenvalue weighted by atomic mass is 19.4. The normalized spacial score (nSPS) is 26.8. The fourth-order valence-electron chi connectivity index (χ4n) is 1.64. The van der Waals surface area contributed by atoms with Gasteiger partial charge in [-0.15, -0.1) is 0 Å². The summed E-state index contributed by atoms with van der Waals surface area (Å²) in [6.07, 6.45) is -4.26. The van der Waals surface area contributed by atoms with Crippen LogP contribution in [0.1, 0.15) is 0 Å². The molecular formula is C8H14F4N2. The van der Waals surface area contributed by atoms with Gasteiger partial charge in [-0.2, -0.15) is 13.2 Å². The maximum atomic E-state index is 12.5. The van der Waals surface area contributed by atoms with E-state index in [1.54, 1.807) is 11.9 Å². The highest BCUT2D eigenvalue weighted by molar-refractivity contribution is 4.85. The van der Waals surface area contributed by atoms with Crippen LogP contribution in [0, 0.1) is 0 Å². The van der Waals surface area contributed by atoms with Crippen molar-refractivity contribution in [3.8, 4) is 0 Å². The largest absolute Gasteiger partial charge is 0.405 e. The Morgan fingerprint density at radius 2 is 1.93 bits per heavy atom. The molecule has 0 aliphatic carbocycles. The predicted octanol–water partition coefficient (Wildman–Crippen LogP) is 1.13. The van der Waals surface area contributed by atoms with Gasteiger partial charge < -0.3 is 4.90 Å². The van der Waals surface area contributed by atoms with Crippen molar-refractivity contribution in [2.45, 2.75) is 12.2 Å². The first-order chi connectivity index (χ1) is 6.45. The Bertz CT molecular complexity index is 183. The van der Waals surface area contributed by atoms with Gasteiger partial charge in [-0.1, -0.05) is 0 Å². The van der Waals surface area contributed by atoms with Gasteiger partial charge in [-0.3, -0.25) is 4.90 Å². The zero-order chi connectivity index (χ0) is 10.8. The molecule has 1 atom stereocenters. The average molecular weight is 214 g/mol. The van der Waals surface area contributed by atoms with Gasteiger partial charge in [0, 0.05) is 26.2 Å². The van der Waals surface area contributed by atoms with Gasteiger partial charge in [0.1, 0.15) is 12.7 Å². The molecule has 1 unspecified atom stereocenters. The number of halogens is 4. The van der Waals surface area contributed by atoms with E-state index in [1.807, 2.05) is 0 Å². The van der Waals surface area contributed by atoms with E-state index in [0.717, 1.165) is 0 Å². The Hall–Kier alpha value is -0.360. The lowest BCUT2D eigenvalue weighted by Crippen LogP contribution is -2.58. The van der Waals surface area contributed by atoms with Gasteiger partial charge in [-0.05, 0) is 7.05 Å². The fraction of sp³-hybridized carbons (Fsp3) is 1.00. The Morgan fingerprint density at radius 1 is 1.29 bits per heavy atom. The molecule has 84 valence electrons. The number of nitrogens with zero attached hydrogens (tertiary/aromatic N) is 2. The number of likely N-dealkylation sites (N-methyl/N-ethyl adjacent to an activating group) is 1. The lowest BCUT2D eigenvalue weighted by atomic mass is 10.1. The molecule has 0 aromatic rings. The zero-order valence-corrected chi connectivity index (χ0v) is 8.02. The Balaban J connectivity index is 2.64. The second kappa shape index (κ2) is 4.44. The van der Waals surface area contributed by atoms with E-state index in [0.29, 0.717) is 6.54 Å². The molecule has 1 rings (SSSR count). The minimum absolute atomic E-state index is 0.0660. The van der Waals surface area contributed by atoms with E-state index in [2.05, 4.69) is 0 Å². The lowest BCUT2D eigenvalue weighted by Gasteiger charge is -2.40. The third-order valence-corrected chi connectivity index (χ3v) is 2.44. The van der Waals surface area contributed by atoms with Crippen molar-refractivity contribution in [3.63, 3.8) is 0 Å². The summed E-state index contributed by atoms with van der Waals surface area (Å²) >= 11 is 0. The Morgan fingerprint density at radius 3 is 2.43 bits per heavy atom. The molecule has 1 heterocycles. The van der Waals surface area contributed by atoms with Crippen molar-refractivity contribution in [1.82, 2.24) is 9.80 Å². The van der Waals surface area contributed by atoms with Gasteiger partial charge in [0.25, 0.3) is 0 Å². The standard InChI is InChI=1S/C8H14F4N2/c1-13-4-5-14(3-2-9)7(6-13)8(10,11)12/h7H,2-6H2,1H3. The monoisotopic (exact) mass is 214 g/mol. The first-order valence-electron chi connectivity index (χ1n) is 4.50. The predicted molar refractivity (Wildman–Crippen MR) is 44.9 cm³/mol. The van der Waals surface area contributed by atoms with Gasteiger partial charge in [0.05, 0.1) is 0 Å². The number of rotatable bonds is 2. The zero-order valence-electron chi connectivity index (χ0n) is 8.02. The highest BCUT2D eigenvalue weighted by Crippen LogP contribution is 2.27. The topological polar surface area (TPSA) is 6.48 Å². The van der Waals surface area contributed by atoms with Crippen LogP contribution < -0.4 is 0 Å². The summed E-state index contributed by atoms with van der Waals surface area (Å²) in [6, 6.07) is -1.52. The van der Waals surface area contributed by atoms with Crippen molar-refractivity contribution < 1.29 is 17.6 Å². The van der Waals surface area contributed by atoms with E-state index in [4.69, 9.17) is 0 Å². The van der Waals surface area contributed by atoms with Gasteiger partial charge in [-0.25, -0.2) is 4.39 Å². The molecule has 0 aromatic carbocycles. The molecule has 1 saturated heterocycles. The maximum Gasteiger partial charge on any atom is 0.405 e. The number of hydrogen-bond acceptors (Lipinski definition) is 2. The van der Waals surface area contributed by atoms with Gasteiger partial charge in [0.2, 0.25) is 0 Å². The Labute approximate surface area is 80.5 Å². The molecule has 0 radical (unpaired) electrons. The first-order valence-corrected chi connectivity index (χ1v) is 4.50. The number of piperazine rings is 1. The summed E-state index contributed by atoms with van der Waals surface area (Å²) in [5.41, 5.74) is 0. The first kappa shape index (κ1) is 11.7. The molecule has 0 N–H and O–H groups in total. The second-order valence-electron chi connectivity index (χ2n) is 3.54. The second-order valence-corrected chi connectivity index (χ2v) is 3.54. The fourth-order valence-corrected chi connectivity index (χ4v) is 1.64. The molecule has 0 aromatic heterocycles. The van der Waals surface area contributed by atoms with Gasteiger partial charge >= 0.3 is 6.18 Å². The SMILES string of the molecule is CN1CCN(CCF)C(C(F)(F)F)C1. The average Bonchev–Trinajstić information content (AvgIpc) is 2.07. The van der Waals surface area contributed by atoms with Crippen LogP contribution in [0.15, 0.2) is 0 Å². The molecule has 1 fully saturated rings. The summed E-state index contributed by atoms with van der Waals surface area (Å²) in [6.45, 7) is -0.0744. The van der Waals surface area contributed by atoms with Crippen molar-refractivity contribution in [2.75, 3.05) is 39.9 Å². The van der Waals surface area contributed by atoms with Crippen LogP contribution in [-0.2, 0) is 0 Å². The van der Waals surface area contributed by atoms with Crippen LogP contribution in [-0.4, -0.2) is 61.9 Å². The molecule has 2 nitrogen and oxygen atoms in total. The Kier molecular flexibility index (Phi) is 3.71. The minimum Gasteiger partial charge on any atom is -0.303 e. The van der Waals surface area contributed by atoms with E-state index in [9.17, 15) is 17.6 Å². The summed E-state index contributed by atoms with van der Waals surface area (Å²) in [7, 11) is 1.64. The summed E-state index contributed by atoms with van der Waals surface area (Å²) in [5, 5.41) is 0. The highest BCUT2D eigenvalue weighted by Gasteiger charge is 2.45. The summed E-state index contributed by atoms with van der Waals surface area (Å²) in [4.78, 5) is 2.78. The van der Waals surface area contributed by atoms with E-state index < -0.39 is 18.9 Å². The summed E-state index contributed by atoms with van der Waals surface area (Å²) < 4.78 is 49.5.